The van der Waals surface area contributed by atoms with Crippen LogP contribution in [0.25, 0.3) is 0 Å². The lowest BCUT2D eigenvalue weighted by Gasteiger charge is -2.17. The Balaban J connectivity index is 1.88. The molecular formula is C12H20N6. The molecule has 0 unspecified atom stereocenters. The van der Waals surface area contributed by atoms with E-state index < -0.39 is 0 Å². The predicted octanol–water partition coefficient (Wildman–Crippen LogP) is 1.06. The van der Waals surface area contributed by atoms with E-state index >= 15 is 0 Å². The van der Waals surface area contributed by atoms with E-state index in [1.54, 1.807) is 6.20 Å². The van der Waals surface area contributed by atoms with Gasteiger partial charge >= 0.3 is 0 Å². The number of hydrogen-bond donors (Lipinski definition) is 1. The Hall–Kier alpha value is -1.69. The Kier molecular flexibility index (Phi) is 3.47. The van der Waals surface area contributed by atoms with Crippen LogP contribution in [0, 0.1) is 0 Å². The molecule has 0 amide bonds. The molecule has 2 heterocycles. The van der Waals surface area contributed by atoms with Gasteiger partial charge in [-0.3, -0.25) is 0 Å². The minimum absolute atomic E-state index is 0.0229. The number of aromatic nitrogens is 5. The molecule has 0 saturated heterocycles. The highest BCUT2D eigenvalue weighted by Gasteiger charge is 2.14. The molecule has 2 aromatic heterocycles. The molecule has 0 aliphatic rings. The Morgan fingerprint density at radius 2 is 2.06 bits per heavy atom. The van der Waals surface area contributed by atoms with Crippen molar-refractivity contribution in [3.8, 4) is 0 Å². The summed E-state index contributed by atoms with van der Waals surface area (Å²) in [7, 11) is 1.99. The van der Waals surface area contributed by atoms with E-state index in [0.717, 1.165) is 18.1 Å². The fourth-order valence-electron chi connectivity index (χ4n) is 1.58. The van der Waals surface area contributed by atoms with Crippen molar-refractivity contribution in [1.82, 2.24) is 29.9 Å². The minimum atomic E-state index is -0.0229. The molecule has 0 aliphatic heterocycles. The minimum Gasteiger partial charge on any atom is -0.337 e. The summed E-state index contributed by atoms with van der Waals surface area (Å²) in [6, 6.07) is 0. The number of nitrogens with one attached hydrogen (secondary N) is 1. The molecule has 2 aromatic rings. The van der Waals surface area contributed by atoms with Crippen molar-refractivity contribution in [3.63, 3.8) is 0 Å². The topological polar surface area (TPSA) is 60.6 Å². The smallest absolute Gasteiger partial charge is 0.122 e. The Bertz CT molecular complexity index is 505. The predicted molar refractivity (Wildman–Crippen MR) is 68.8 cm³/mol. The van der Waals surface area contributed by atoms with Crippen LogP contribution in [0.1, 0.15) is 32.3 Å². The summed E-state index contributed by atoms with van der Waals surface area (Å²) < 4.78 is 3.88. The van der Waals surface area contributed by atoms with Gasteiger partial charge in [-0.2, -0.15) is 0 Å². The highest BCUT2D eigenvalue weighted by molar-refractivity contribution is 4.95. The lowest BCUT2D eigenvalue weighted by Crippen LogP contribution is -2.22. The average molecular weight is 248 g/mol. The summed E-state index contributed by atoms with van der Waals surface area (Å²) in [6.45, 7) is 7.74. The zero-order chi connectivity index (χ0) is 13.2. The van der Waals surface area contributed by atoms with E-state index in [1.165, 1.54) is 0 Å². The van der Waals surface area contributed by atoms with Gasteiger partial charge < -0.3 is 9.88 Å². The Labute approximate surface area is 107 Å². The number of aryl methyl sites for hydroxylation is 1. The van der Waals surface area contributed by atoms with Gasteiger partial charge in [-0.05, 0) is 20.8 Å². The van der Waals surface area contributed by atoms with Crippen molar-refractivity contribution < 1.29 is 0 Å². The maximum Gasteiger partial charge on any atom is 0.122 e. The second-order valence-electron chi connectivity index (χ2n) is 5.38. The standard InChI is InChI=1S/C12H20N6/c1-12(2,3)18-9-10(15-16-18)7-13-8-11-14-5-6-17(11)4/h5-6,9,13H,7-8H2,1-4H3. The van der Waals surface area contributed by atoms with Crippen LogP contribution in [0.4, 0.5) is 0 Å². The van der Waals surface area contributed by atoms with Gasteiger partial charge in [0.1, 0.15) is 5.82 Å². The van der Waals surface area contributed by atoms with Gasteiger partial charge in [-0.15, -0.1) is 5.10 Å². The largest absolute Gasteiger partial charge is 0.337 e. The van der Waals surface area contributed by atoms with E-state index in [0.29, 0.717) is 6.54 Å². The van der Waals surface area contributed by atoms with Gasteiger partial charge in [0.15, 0.2) is 0 Å². The van der Waals surface area contributed by atoms with Gasteiger partial charge in [-0.25, -0.2) is 9.67 Å². The van der Waals surface area contributed by atoms with Crippen LogP contribution in [0.2, 0.25) is 0 Å². The van der Waals surface area contributed by atoms with Crippen molar-refractivity contribution in [2.24, 2.45) is 7.05 Å². The summed E-state index contributed by atoms with van der Waals surface area (Å²) in [5.74, 6) is 1.01. The van der Waals surface area contributed by atoms with Crippen LogP contribution < -0.4 is 5.32 Å². The van der Waals surface area contributed by atoms with E-state index in [4.69, 9.17) is 0 Å². The number of rotatable bonds is 4. The lowest BCUT2D eigenvalue weighted by atomic mass is 10.1. The number of nitrogens with zero attached hydrogens (tertiary/aromatic N) is 5. The first-order chi connectivity index (χ1) is 8.47. The molecule has 0 atom stereocenters. The van der Waals surface area contributed by atoms with E-state index in [-0.39, 0.29) is 5.54 Å². The van der Waals surface area contributed by atoms with Gasteiger partial charge in [-0.1, -0.05) is 5.21 Å². The molecule has 0 saturated carbocycles. The fraction of sp³-hybridized carbons (Fsp3) is 0.583. The maximum absolute atomic E-state index is 4.25. The van der Waals surface area contributed by atoms with Crippen LogP contribution in [-0.2, 0) is 25.7 Å². The molecule has 0 aliphatic carbocycles. The first kappa shape index (κ1) is 12.8. The zero-order valence-corrected chi connectivity index (χ0v) is 11.4. The highest BCUT2D eigenvalue weighted by atomic mass is 15.4. The average Bonchev–Trinajstić information content (AvgIpc) is 2.88. The van der Waals surface area contributed by atoms with Crippen LogP contribution in [0.5, 0.6) is 0 Å². The normalized spacial score (nSPS) is 12.0. The molecule has 0 spiro atoms. The van der Waals surface area contributed by atoms with Crippen LogP contribution in [0.15, 0.2) is 18.6 Å². The number of hydrogen-bond acceptors (Lipinski definition) is 4. The summed E-state index contributed by atoms with van der Waals surface area (Å²) in [5, 5.41) is 11.6. The number of imidazole rings is 1. The molecule has 6 heteroatoms. The molecule has 0 radical (unpaired) electrons. The van der Waals surface area contributed by atoms with E-state index in [1.807, 2.05) is 28.7 Å². The van der Waals surface area contributed by atoms with Crippen LogP contribution >= 0.6 is 0 Å². The third kappa shape index (κ3) is 2.95. The molecule has 0 bridgehead atoms. The van der Waals surface area contributed by atoms with Gasteiger partial charge in [0.2, 0.25) is 0 Å². The monoisotopic (exact) mass is 248 g/mol. The molecule has 2 rings (SSSR count). The molecule has 1 N–H and O–H groups in total. The Morgan fingerprint density at radius 1 is 1.28 bits per heavy atom. The van der Waals surface area contributed by atoms with Gasteiger partial charge in [0.05, 0.1) is 24.0 Å². The third-order valence-electron chi connectivity index (χ3n) is 2.74. The quantitative estimate of drug-likeness (QED) is 0.878. The van der Waals surface area contributed by atoms with Gasteiger partial charge in [0.25, 0.3) is 0 Å². The van der Waals surface area contributed by atoms with E-state index in [9.17, 15) is 0 Å². The fourth-order valence-corrected chi connectivity index (χ4v) is 1.58. The molecule has 18 heavy (non-hydrogen) atoms. The maximum atomic E-state index is 4.25. The molecular weight excluding hydrogens is 228 g/mol. The summed E-state index contributed by atoms with van der Waals surface area (Å²) in [5.41, 5.74) is 0.921. The van der Waals surface area contributed by atoms with E-state index in [2.05, 4.69) is 41.4 Å². The summed E-state index contributed by atoms with van der Waals surface area (Å²) in [6.07, 6.45) is 5.71. The van der Waals surface area contributed by atoms with Gasteiger partial charge in [0, 0.05) is 26.0 Å². The third-order valence-corrected chi connectivity index (χ3v) is 2.74. The molecule has 0 aromatic carbocycles. The molecule has 98 valence electrons. The summed E-state index contributed by atoms with van der Waals surface area (Å²) in [4.78, 5) is 4.25. The van der Waals surface area contributed by atoms with Crippen LogP contribution in [-0.4, -0.2) is 24.5 Å². The van der Waals surface area contributed by atoms with Crippen molar-refractivity contribution >= 4 is 0 Å². The SMILES string of the molecule is Cn1ccnc1CNCc1cn(C(C)(C)C)nn1. The van der Waals surface area contributed by atoms with Crippen LogP contribution in [0.3, 0.4) is 0 Å². The first-order valence-corrected chi connectivity index (χ1v) is 6.05. The second kappa shape index (κ2) is 4.89. The summed E-state index contributed by atoms with van der Waals surface area (Å²) >= 11 is 0. The first-order valence-electron chi connectivity index (χ1n) is 6.05. The second-order valence-corrected chi connectivity index (χ2v) is 5.38. The Morgan fingerprint density at radius 3 is 2.61 bits per heavy atom. The van der Waals surface area contributed by atoms with Crippen molar-refractivity contribution in [2.45, 2.75) is 39.4 Å². The highest BCUT2D eigenvalue weighted by Crippen LogP contribution is 2.11. The molecule has 6 nitrogen and oxygen atoms in total. The lowest BCUT2D eigenvalue weighted by molar-refractivity contribution is 0.347. The van der Waals surface area contributed by atoms with Crippen molar-refractivity contribution in [3.05, 3.63) is 30.1 Å². The van der Waals surface area contributed by atoms with Crippen molar-refractivity contribution in [1.29, 1.82) is 0 Å². The van der Waals surface area contributed by atoms with Crippen molar-refractivity contribution in [2.75, 3.05) is 0 Å². The zero-order valence-electron chi connectivity index (χ0n) is 11.4. The molecule has 0 fully saturated rings.